The normalized spacial score (nSPS) is 10.6. The molecule has 0 saturated heterocycles. The minimum absolute atomic E-state index is 0.188. The highest BCUT2D eigenvalue weighted by Gasteiger charge is 2.09. The summed E-state index contributed by atoms with van der Waals surface area (Å²) in [7, 11) is 0. The Hall–Kier alpha value is -2.54. The van der Waals surface area contributed by atoms with Gasteiger partial charge in [0.1, 0.15) is 12.1 Å². The van der Waals surface area contributed by atoms with Gasteiger partial charge in [-0.25, -0.2) is 4.68 Å². The molecule has 0 aliphatic heterocycles. The molecule has 0 bridgehead atoms. The average Bonchev–Trinajstić information content (AvgIpc) is 2.53. The monoisotopic (exact) mass is 358 g/mol. The number of hydrogen-bond acceptors (Lipinski definition) is 4. The minimum atomic E-state index is -0.339. The van der Waals surface area contributed by atoms with E-state index in [4.69, 9.17) is 0 Å². The molecular weight excluding hydrogens is 348 g/mol. The number of fused-ring (bicyclic) bond motifs is 1. The van der Waals surface area contributed by atoms with Crippen molar-refractivity contribution in [1.29, 1.82) is 0 Å². The van der Waals surface area contributed by atoms with Crippen LogP contribution in [0.5, 0.6) is 0 Å². The number of halogens is 1. The molecule has 2 aromatic carbocycles. The molecule has 0 spiro atoms. The van der Waals surface area contributed by atoms with Gasteiger partial charge in [0.2, 0.25) is 5.91 Å². The maximum Gasteiger partial charge on any atom is 0.278 e. The number of nitrogens with zero attached hydrogens (tertiary/aromatic N) is 3. The van der Waals surface area contributed by atoms with Crippen LogP contribution in [-0.4, -0.2) is 20.9 Å². The predicted molar refractivity (Wildman–Crippen MR) is 86.6 cm³/mol. The predicted octanol–water partition coefficient (Wildman–Crippen LogP) is 2.19. The van der Waals surface area contributed by atoms with Gasteiger partial charge in [-0.2, -0.15) is 0 Å². The Kier molecular flexibility index (Phi) is 3.97. The van der Waals surface area contributed by atoms with E-state index < -0.39 is 0 Å². The van der Waals surface area contributed by atoms with Gasteiger partial charge >= 0.3 is 0 Å². The van der Waals surface area contributed by atoms with Crippen LogP contribution >= 0.6 is 15.9 Å². The molecule has 1 amide bonds. The molecule has 3 aromatic rings. The summed E-state index contributed by atoms with van der Waals surface area (Å²) in [6, 6.07) is 14.0. The summed E-state index contributed by atoms with van der Waals surface area (Å²) in [5.41, 5.74) is 0.823. The van der Waals surface area contributed by atoms with Crippen molar-refractivity contribution >= 4 is 38.4 Å². The average molecular weight is 359 g/mol. The van der Waals surface area contributed by atoms with Crippen molar-refractivity contribution in [2.24, 2.45) is 0 Å². The molecule has 0 saturated carbocycles. The fraction of sp³-hybridized carbons (Fsp3) is 0.0667. The van der Waals surface area contributed by atoms with E-state index in [0.29, 0.717) is 16.6 Å². The first-order chi connectivity index (χ1) is 10.6. The lowest BCUT2D eigenvalue weighted by molar-refractivity contribution is -0.117. The van der Waals surface area contributed by atoms with Crippen LogP contribution in [0.2, 0.25) is 0 Å². The molecule has 0 aliphatic rings. The number of benzene rings is 2. The number of aromatic nitrogens is 3. The highest BCUT2D eigenvalue weighted by atomic mass is 79.9. The second kappa shape index (κ2) is 6.07. The van der Waals surface area contributed by atoms with Crippen LogP contribution in [0.4, 0.5) is 5.69 Å². The molecule has 0 radical (unpaired) electrons. The van der Waals surface area contributed by atoms with Crippen molar-refractivity contribution in [3.05, 3.63) is 63.4 Å². The first kappa shape index (κ1) is 14.4. The highest BCUT2D eigenvalue weighted by molar-refractivity contribution is 9.10. The van der Waals surface area contributed by atoms with Gasteiger partial charge in [0.05, 0.1) is 5.39 Å². The van der Waals surface area contributed by atoms with Crippen LogP contribution in [-0.2, 0) is 11.3 Å². The minimum Gasteiger partial charge on any atom is -0.324 e. The fourth-order valence-corrected chi connectivity index (χ4v) is 2.26. The maximum atomic E-state index is 12.2. The zero-order valence-electron chi connectivity index (χ0n) is 11.4. The lowest BCUT2D eigenvalue weighted by Gasteiger charge is -2.06. The van der Waals surface area contributed by atoms with Crippen LogP contribution in [0.3, 0.4) is 0 Å². The van der Waals surface area contributed by atoms with Crippen LogP contribution in [0.25, 0.3) is 10.9 Å². The molecule has 22 heavy (non-hydrogen) atoms. The van der Waals surface area contributed by atoms with E-state index in [9.17, 15) is 9.59 Å². The van der Waals surface area contributed by atoms with Gasteiger partial charge in [0.25, 0.3) is 5.56 Å². The quantitative estimate of drug-likeness (QED) is 0.778. The molecule has 7 heteroatoms. The molecule has 0 unspecified atom stereocenters. The van der Waals surface area contributed by atoms with Gasteiger partial charge in [0.15, 0.2) is 0 Å². The number of hydrogen-bond donors (Lipinski definition) is 1. The molecular formula is C15H11BrN4O2. The van der Waals surface area contributed by atoms with Crippen LogP contribution in [0, 0.1) is 0 Å². The van der Waals surface area contributed by atoms with Gasteiger partial charge in [0, 0.05) is 10.2 Å². The Labute approximate surface area is 133 Å². The summed E-state index contributed by atoms with van der Waals surface area (Å²) in [4.78, 5) is 24.2. The molecule has 0 atom stereocenters. The van der Waals surface area contributed by atoms with Crippen molar-refractivity contribution in [3.63, 3.8) is 0 Å². The number of carbonyl (C=O) groups excluding carboxylic acids is 1. The van der Waals surface area contributed by atoms with Crippen molar-refractivity contribution in [1.82, 2.24) is 15.0 Å². The van der Waals surface area contributed by atoms with Crippen molar-refractivity contribution in [2.75, 3.05) is 5.32 Å². The molecule has 1 aromatic heterocycles. The zero-order valence-corrected chi connectivity index (χ0v) is 12.9. The van der Waals surface area contributed by atoms with E-state index in [-0.39, 0.29) is 18.0 Å². The SMILES string of the molecule is O=C(Cn1nnc2ccccc2c1=O)Nc1ccc(Br)cc1. The van der Waals surface area contributed by atoms with Crippen LogP contribution in [0.15, 0.2) is 57.8 Å². The van der Waals surface area contributed by atoms with Gasteiger partial charge in [-0.3, -0.25) is 9.59 Å². The van der Waals surface area contributed by atoms with E-state index in [1.54, 1.807) is 36.4 Å². The first-order valence-corrected chi connectivity index (χ1v) is 7.31. The lowest BCUT2D eigenvalue weighted by atomic mass is 10.2. The van der Waals surface area contributed by atoms with Gasteiger partial charge < -0.3 is 5.32 Å². The smallest absolute Gasteiger partial charge is 0.278 e. The Morgan fingerprint density at radius 3 is 2.64 bits per heavy atom. The Balaban J connectivity index is 1.81. The summed E-state index contributed by atoms with van der Waals surface area (Å²) in [5, 5.41) is 10.9. The number of nitrogens with one attached hydrogen (secondary N) is 1. The first-order valence-electron chi connectivity index (χ1n) is 6.51. The largest absolute Gasteiger partial charge is 0.324 e. The molecule has 0 fully saturated rings. The van der Waals surface area contributed by atoms with Crippen LogP contribution < -0.4 is 10.9 Å². The number of carbonyl (C=O) groups is 1. The third-order valence-electron chi connectivity index (χ3n) is 3.05. The number of amides is 1. The van der Waals surface area contributed by atoms with Crippen molar-refractivity contribution in [2.45, 2.75) is 6.54 Å². The molecule has 6 nitrogen and oxygen atoms in total. The van der Waals surface area contributed by atoms with E-state index in [0.717, 1.165) is 9.15 Å². The second-order valence-corrected chi connectivity index (χ2v) is 5.54. The summed E-state index contributed by atoms with van der Waals surface area (Å²) in [6.07, 6.45) is 0. The highest BCUT2D eigenvalue weighted by Crippen LogP contribution is 2.14. The molecule has 3 rings (SSSR count). The lowest BCUT2D eigenvalue weighted by Crippen LogP contribution is -2.30. The topological polar surface area (TPSA) is 76.9 Å². The molecule has 0 aliphatic carbocycles. The third-order valence-corrected chi connectivity index (χ3v) is 3.58. The second-order valence-electron chi connectivity index (χ2n) is 4.62. The van der Waals surface area contributed by atoms with Crippen molar-refractivity contribution < 1.29 is 4.79 Å². The maximum absolute atomic E-state index is 12.2. The van der Waals surface area contributed by atoms with Crippen LogP contribution in [0.1, 0.15) is 0 Å². The summed E-state index contributed by atoms with van der Waals surface area (Å²) in [5.74, 6) is -0.339. The fourth-order valence-electron chi connectivity index (χ4n) is 2.00. The summed E-state index contributed by atoms with van der Waals surface area (Å²) in [6.45, 7) is -0.188. The standard InChI is InChI=1S/C15H11BrN4O2/c16-10-5-7-11(8-6-10)17-14(21)9-20-15(22)12-3-1-2-4-13(12)18-19-20/h1-8H,9H2,(H,17,21). The zero-order chi connectivity index (χ0) is 15.5. The Bertz CT molecular complexity index is 890. The van der Waals surface area contributed by atoms with Crippen molar-refractivity contribution in [3.8, 4) is 0 Å². The van der Waals surface area contributed by atoms with Gasteiger partial charge in [-0.15, -0.1) is 5.10 Å². The van der Waals surface area contributed by atoms with E-state index in [2.05, 4.69) is 31.6 Å². The molecule has 1 N–H and O–H groups in total. The van der Waals surface area contributed by atoms with E-state index in [1.807, 2.05) is 12.1 Å². The Morgan fingerprint density at radius 1 is 1.14 bits per heavy atom. The summed E-state index contributed by atoms with van der Waals surface area (Å²) < 4.78 is 1.97. The molecule has 110 valence electrons. The van der Waals surface area contributed by atoms with Gasteiger partial charge in [-0.05, 0) is 36.4 Å². The van der Waals surface area contributed by atoms with E-state index >= 15 is 0 Å². The number of anilines is 1. The third kappa shape index (κ3) is 3.04. The number of rotatable bonds is 3. The Morgan fingerprint density at radius 2 is 1.86 bits per heavy atom. The molecule has 1 heterocycles. The summed E-state index contributed by atoms with van der Waals surface area (Å²) >= 11 is 3.32. The van der Waals surface area contributed by atoms with E-state index in [1.165, 1.54) is 0 Å². The van der Waals surface area contributed by atoms with Gasteiger partial charge in [-0.1, -0.05) is 33.3 Å².